The Morgan fingerprint density at radius 1 is 1.08 bits per heavy atom. The van der Waals surface area contributed by atoms with Gasteiger partial charge in [-0.05, 0) is 36.4 Å². The highest BCUT2D eigenvalue weighted by atomic mass is 35.5. The summed E-state index contributed by atoms with van der Waals surface area (Å²) in [5.41, 5.74) is -0.560. The Morgan fingerprint density at radius 3 is 2.54 bits per heavy atom. The molecule has 2 aromatic carbocycles. The van der Waals surface area contributed by atoms with Crippen molar-refractivity contribution in [2.45, 2.75) is 12.8 Å². The van der Waals surface area contributed by atoms with Crippen molar-refractivity contribution in [1.29, 1.82) is 0 Å². The van der Waals surface area contributed by atoms with E-state index in [9.17, 15) is 13.2 Å². The van der Waals surface area contributed by atoms with Gasteiger partial charge < -0.3 is 9.26 Å². The molecule has 3 aromatic rings. The molecule has 0 saturated heterocycles. The minimum absolute atomic E-state index is 0.00636. The quantitative estimate of drug-likeness (QED) is 0.662. The Labute approximate surface area is 139 Å². The molecule has 1 aromatic heterocycles. The zero-order valence-corrected chi connectivity index (χ0v) is 12.8. The minimum atomic E-state index is -4.43. The van der Waals surface area contributed by atoms with Crippen molar-refractivity contribution in [3.8, 4) is 17.1 Å². The summed E-state index contributed by atoms with van der Waals surface area (Å²) in [5.74, 6) is 0.770. The summed E-state index contributed by atoms with van der Waals surface area (Å²) in [4.78, 5) is 4.04. The maximum absolute atomic E-state index is 12.7. The van der Waals surface area contributed by atoms with E-state index in [2.05, 4.69) is 10.1 Å². The van der Waals surface area contributed by atoms with E-state index >= 15 is 0 Å². The Hall–Kier alpha value is -2.54. The summed E-state index contributed by atoms with van der Waals surface area (Å²) in [6.45, 7) is -0.00636. The van der Waals surface area contributed by atoms with E-state index in [-0.39, 0.29) is 23.9 Å². The largest absolute Gasteiger partial charge is 0.484 e. The van der Waals surface area contributed by atoms with E-state index in [1.165, 1.54) is 12.1 Å². The summed E-state index contributed by atoms with van der Waals surface area (Å²) in [6.07, 6.45) is -4.43. The van der Waals surface area contributed by atoms with Crippen LogP contribution in [0.4, 0.5) is 13.2 Å². The number of hydrogen-bond acceptors (Lipinski definition) is 4. The molecule has 8 heteroatoms. The molecule has 0 aliphatic heterocycles. The van der Waals surface area contributed by atoms with Gasteiger partial charge in [0.05, 0.1) is 5.56 Å². The first kappa shape index (κ1) is 16.3. The van der Waals surface area contributed by atoms with E-state index in [0.717, 1.165) is 12.1 Å². The van der Waals surface area contributed by atoms with Crippen molar-refractivity contribution in [3.05, 3.63) is 65.0 Å². The van der Waals surface area contributed by atoms with Gasteiger partial charge in [-0.25, -0.2) is 0 Å². The van der Waals surface area contributed by atoms with Crippen LogP contribution in [0.25, 0.3) is 11.4 Å². The summed E-state index contributed by atoms with van der Waals surface area (Å²) < 4.78 is 48.6. The van der Waals surface area contributed by atoms with Crippen LogP contribution in [0.5, 0.6) is 5.75 Å². The molecule has 0 bridgehead atoms. The van der Waals surface area contributed by atoms with Gasteiger partial charge in [0.15, 0.2) is 6.61 Å². The van der Waals surface area contributed by atoms with Crippen LogP contribution in [0.15, 0.2) is 53.1 Å². The SMILES string of the molecule is FC(F)(F)c1cccc(-c2noc(COc3ccc(Cl)cc3)n2)c1. The number of hydrogen-bond donors (Lipinski definition) is 0. The lowest BCUT2D eigenvalue weighted by molar-refractivity contribution is -0.137. The maximum Gasteiger partial charge on any atom is 0.416 e. The minimum Gasteiger partial charge on any atom is -0.484 e. The Balaban J connectivity index is 1.72. The number of rotatable bonds is 4. The molecule has 0 spiro atoms. The highest BCUT2D eigenvalue weighted by Gasteiger charge is 2.30. The first-order valence-corrected chi connectivity index (χ1v) is 7.18. The van der Waals surface area contributed by atoms with Crippen molar-refractivity contribution in [2.75, 3.05) is 0 Å². The van der Waals surface area contributed by atoms with E-state index in [0.29, 0.717) is 10.8 Å². The van der Waals surface area contributed by atoms with Gasteiger partial charge in [0, 0.05) is 10.6 Å². The predicted molar refractivity (Wildman–Crippen MR) is 80.5 cm³/mol. The lowest BCUT2D eigenvalue weighted by Gasteiger charge is -2.06. The Morgan fingerprint density at radius 2 is 1.83 bits per heavy atom. The molecule has 4 nitrogen and oxygen atoms in total. The lowest BCUT2D eigenvalue weighted by Crippen LogP contribution is -2.04. The number of alkyl halides is 3. The van der Waals surface area contributed by atoms with Gasteiger partial charge in [0.2, 0.25) is 5.82 Å². The van der Waals surface area contributed by atoms with E-state index in [4.69, 9.17) is 20.9 Å². The third-order valence-corrected chi connectivity index (χ3v) is 3.34. The number of ether oxygens (including phenoxy) is 1. The van der Waals surface area contributed by atoms with Gasteiger partial charge in [-0.15, -0.1) is 0 Å². The summed E-state index contributed by atoms with van der Waals surface area (Å²) in [6, 6.07) is 11.4. The molecule has 0 radical (unpaired) electrons. The Bertz CT molecular complexity index is 832. The fourth-order valence-corrected chi connectivity index (χ4v) is 2.07. The predicted octanol–water partition coefficient (Wildman–Crippen LogP) is 4.99. The van der Waals surface area contributed by atoms with Gasteiger partial charge >= 0.3 is 6.18 Å². The second kappa shape index (κ2) is 6.52. The number of nitrogens with zero attached hydrogens (tertiary/aromatic N) is 2. The average molecular weight is 355 g/mol. The van der Waals surface area contributed by atoms with Gasteiger partial charge in [-0.1, -0.05) is 28.9 Å². The third-order valence-electron chi connectivity index (χ3n) is 3.09. The molecule has 0 atom stereocenters. The molecule has 0 saturated carbocycles. The normalized spacial score (nSPS) is 11.5. The van der Waals surface area contributed by atoms with Gasteiger partial charge in [-0.3, -0.25) is 0 Å². The first-order chi connectivity index (χ1) is 11.4. The first-order valence-electron chi connectivity index (χ1n) is 6.80. The Kier molecular flexibility index (Phi) is 4.44. The van der Waals surface area contributed by atoms with Crippen LogP contribution in [0, 0.1) is 0 Å². The molecular weight excluding hydrogens is 345 g/mol. The van der Waals surface area contributed by atoms with Crippen molar-refractivity contribution in [1.82, 2.24) is 10.1 Å². The summed E-state index contributed by atoms with van der Waals surface area (Å²) in [5, 5.41) is 4.26. The molecule has 0 amide bonds. The molecule has 1 heterocycles. The molecule has 0 fully saturated rings. The van der Waals surface area contributed by atoms with Gasteiger partial charge in [-0.2, -0.15) is 18.2 Å². The molecule has 0 aliphatic rings. The monoisotopic (exact) mass is 354 g/mol. The zero-order chi connectivity index (χ0) is 17.2. The highest BCUT2D eigenvalue weighted by molar-refractivity contribution is 6.30. The van der Waals surface area contributed by atoms with Crippen molar-refractivity contribution >= 4 is 11.6 Å². The van der Waals surface area contributed by atoms with Crippen molar-refractivity contribution < 1.29 is 22.4 Å². The highest BCUT2D eigenvalue weighted by Crippen LogP contribution is 2.31. The summed E-state index contributed by atoms with van der Waals surface area (Å²) >= 11 is 5.77. The molecule has 3 rings (SSSR count). The van der Waals surface area contributed by atoms with Crippen molar-refractivity contribution in [2.24, 2.45) is 0 Å². The van der Waals surface area contributed by atoms with Crippen LogP contribution in [0.1, 0.15) is 11.5 Å². The number of aromatic nitrogens is 2. The van der Waals surface area contributed by atoms with Gasteiger partial charge in [0.1, 0.15) is 5.75 Å². The van der Waals surface area contributed by atoms with Crippen LogP contribution in [-0.4, -0.2) is 10.1 Å². The van der Waals surface area contributed by atoms with E-state index in [1.807, 2.05) is 0 Å². The lowest BCUT2D eigenvalue weighted by atomic mass is 10.1. The van der Waals surface area contributed by atoms with Gasteiger partial charge in [0.25, 0.3) is 5.89 Å². The van der Waals surface area contributed by atoms with E-state index < -0.39 is 11.7 Å². The standard InChI is InChI=1S/C16H10ClF3N2O2/c17-12-4-6-13(7-5-12)23-9-14-21-15(22-24-14)10-2-1-3-11(8-10)16(18,19)20/h1-8H,9H2. The molecular formula is C16H10ClF3N2O2. The maximum atomic E-state index is 12.7. The summed E-state index contributed by atoms with van der Waals surface area (Å²) in [7, 11) is 0. The second-order valence-corrected chi connectivity index (χ2v) is 5.27. The zero-order valence-electron chi connectivity index (χ0n) is 12.0. The van der Waals surface area contributed by atoms with Crippen LogP contribution in [-0.2, 0) is 12.8 Å². The fraction of sp³-hybridized carbons (Fsp3) is 0.125. The van der Waals surface area contributed by atoms with Crippen LogP contribution in [0.2, 0.25) is 5.02 Å². The molecule has 0 aliphatic carbocycles. The fourth-order valence-electron chi connectivity index (χ4n) is 1.94. The van der Waals surface area contributed by atoms with Crippen LogP contribution in [0.3, 0.4) is 0 Å². The topological polar surface area (TPSA) is 48.2 Å². The average Bonchev–Trinajstić information content (AvgIpc) is 3.03. The molecule has 0 unspecified atom stereocenters. The van der Waals surface area contributed by atoms with Crippen molar-refractivity contribution in [3.63, 3.8) is 0 Å². The second-order valence-electron chi connectivity index (χ2n) is 4.83. The third kappa shape index (κ3) is 3.86. The number of benzene rings is 2. The number of halogens is 4. The molecule has 124 valence electrons. The van der Waals surface area contributed by atoms with E-state index in [1.54, 1.807) is 24.3 Å². The smallest absolute Gasteiger partial charge is 0.416 e. The molecule has 24 heavy (non-hydrogen) atoms. The van der Waals surface area contributed by atoms with Crippen LogP contribution >= 0.6 is 11.6 Å². The molecule has 0 N–H and O–H groups in total. The van der Waals surface area contributed by atoms with Crippen LogP contribution < -0.4 is 4.74 Å².